The second kappa shape index (κ2) is 8.23. The monoisotopic (exact) mass is 300 g/mol. The van der Waals surface area contributed by atoms with Crippen molar-refractivity contribution in [3.63, 3.8) is 0 Å². The Balaban J connectivity index is 2.07. The Kier molecular flexibility index (Phi) is 6.30. The normalized spacial score (nSPS) is 12.3. The zero-order valence-electron chi connectivity index (χ0n) is 12.8. The lowest BCUT2D eigenvalue weighted by atomic mass is 9.98. The molecule has 2 nitrogen and oxygen atoms in total. The molecule has 0 fully saturated rings. The van der Waals surface area contributed by atoms with Gasteiger partial charge in [0.15, 0.2) is 0 Å². The number of nitrogens with two attached hydrogens (primary N) is 1. The van der Waals surface area contributed by atoms with Gasteiger partial charge in [-0.3, -0.25) is 11.3 Å². The van der Waals surface area contributed by atoms with E-state index in [0.29, 0.717) is 0 Å². The highest BCUT2D eigenvalue weighted by molar-refractivity contribution is 7.99. The molecular weight excluding hydrogens is 276 g/mol. The van der Waals surface area contributed by atoms with Crippen molar-refractivity contribution < 1.29 is 0 Å². The van der Waals surface area contributed by atoms with Gasteiger partial charge in [0.25, 0.3) is 0 Å². The van der Waals surface area contributed by atoms with Crippen molar-refractivity contribution >= 4 is 11.8 Å². The minimum Gasteiger partial charge on any atom is -0.271 e. The van der Waals surface area contributed by atoms with Gasteiger partial charge in [-0.05, 0) is 47.4 Å². The molecule has 0 spiro atoms. The zero-order chi connectivity index (χ0) is 15.1. The summed E-state index contributed by atoms with van der Waals surface area (Å²) in [6.07, 6.45) is 1.98. The average molecular weight is 300 g/mol. The van der Waals surface area contributed by atoms with Crippen LogP contribution in [0.15, 0.2) is 53.4 Å². The summed E-state index contributed by atoms with van der Waals surface area (Å²) in [6.45, 7) is 4.35. The molecule has 3 N–H and O–H groups in total. The Bertz CT molecular complexity index is 534. The van der Waals surface area contributed by atoms with E-state index in [1.54, 1.807) is 0 Å². The Morgan fingerprint density at radius 2 is 1.57 bits per heavy atom. The summed E-state index contributed by atoms with van der Waals surface area (Å²) in [7, 11) is 0. The van der Waals surface area contributed by atoms with Crippen molar-refractivity contribution in [1.29, 1.82) is 0 Å². The first-order valence-corrected chi connectivity index (χ1v) is 8.52. The molecule has 3 heteroatoms. The summed E-state index contributed by atoms with van der Waals surface area (Å²) < 4.78 is 0. The van der Waals surface area contributed by atoms with E-state index in [1.165, 1.54) is 21.6 Å². The van der Waals surface area contributed by atoms with Crippen LogP contribution in [-0.4, -0.2) is 5.75 Å². The van der Waals surface area contributed by atoms with Crippen LogP contribution in [0.4, 0.5) is 0 Å². The van der Waals surface area contributed by atoms with Crippen LogP contribution < -0.4 is 11.3 Å². The summed E-state index contributed by atoms with van der Waals surface area (Å²) in [6, 6.07) is 17.6. The molecule has 0 saturated heterocycles. The first-order valence-electron chi connectivity index (χ1n) is 7.53. The molecule has 0 aliphatic rings. The third-order valence-corrected chi connectivity index (χ3v) is 4.56. The van der Waals surface area contributed by atoms with Gasteiger partial charge in [0.1, 0.15) is 0 Å². The van der Waals surface area contributed by atoms with Gasteiger partial charge in [-0.2, -0.15) is 0 Å². The first kappa shape index (κ1) is 16.1. The summed E-state index contributed by atoms with van der Waals surface area (Å²) >= 11 is 1.86. The Labute approximate surface area is 132 Å². The Morgan fingerprint density at radius 1 is 0.952 bits per heavy atom. The van der Waals surface area contributed by atoms with E-state index in [1.807, 2.05) is 11.8 Å². The number of aryl methyl sites for hydroxylation is 1. The van der Waals surface area contributed by atoms with E-state index >= 15 is 0 Å². The van der Waals surface area contributed by atoms with Crippen LogP contribution >= 0.6 is 11.8 Å². The number of thioether (sulfide) groups is 1. The minimum absolute atomic E-state index is 0.151. The lowest BCUT2D eigenvalue weighted by molar-refractivity contribution is 0.551. The van der Waals surface area contributed by atoms with Gasteiger partial charge < -0.3 is 0 Å². The van der Waals surface area contributed by atoms with E-state index < -0.39 is 0 Å². The van der Waals surface area contributed by atoms with E-state index in [9.17, 15) is 0 Å². The van der Waals surface area contributed by atoms with Gasteiger partial charge in [-0.15, -0.1) is 11.8 Å². The largest absolute Gasteiger partial charge is 0.271 e. The predicted octanol–water partition coefficient (Wildman–Crippen LogP) is 4.11. The molecular formula is C18H24N2S. The third kappa shape index (κ3) is 4.60. The van der Waals surface area contributed by atoms with E-state index in [-0.39, 0.29) is 6.04 Å². The van der Waals surface area contributed by atoms with E-state index in [0.717, 1.165) is 18.6 Å². The Hall–Kier alpha value is -1.29. The van der Waals surface area contributed by atoms with Gasteiger partial charge in [0.05, 0.1) is 0 Å². The van der Waals surface area contributed by atoms with Gasteiger partial charge in [0.2, 0.25) is 0 Å². The van der Waals surface area contributed by atoms with Crippen LogP contribution in [0.5, 0.6) is 0 Å². The molecule has 0 radical (unpaired) electrons. The van der Waals surface area contributed by atoms with Crippen LogP contribution in [0.3, 0.4) is 0 Å². The number of nitrogens with one attached hydrogen (secondary N) is 1. The average Bonchev–Trinajstić information content (AvgIpc) is 2.54. The molecule has 1 unspecified atom stereocenters. The van der Waals surface area contributed by atoms with Crippen molar-refractivity contribution in [2.24, 2.45) is 5.84 Å². The van der Waals surface area contributed by atoms with Crippen molar-refractivity contribution in [1.82, 2.24) is 5.43 Å². The number of hydrazine groups is 1. The van der Waals surface area contributed by atoms with Crippen LogP contribution in [0.1, 0.15) is 36.6 Å². The minimum atomic E-state index is 0.151. The summed E-state index contributed by atoms with van der Waals surface area (Å²) in [5.41, 5.74) is 6.85. The lowest BCUT2D eigenvalue weighted by Crippen LogP contribution is -2.29. The smallest absolute Gasteiger partial charge is 0.0500 e. The van der Waals surface area contributed by atoms with E-state index in [2.05, 4.69) is 67.8 Å². The maximum atomic E-state index is 5.75. The second-order valence-electron chi connectivity index (χ2n) is 5.10. The molecule has 0 aromatic heterocycles. The predicted molar refractivity (Wildman–Crippen MR) is 92.4 cm³/mol. The standard InChI is InChI=1S/C18H24N2S/c1-3-14-5-7-15(8-6-14)13-18(20-19)16-9-11-17(12-10-16)21-4-2/h5-12,18,20H,3-4,13,19H2,1-2H3. The molecule has 0 aliphatic carbocycles. The molecule has 0 bridgehead atoms. The highest BCUT2D eigenvalue weighted by Crippen LogP contribution is 2.23. The summed E-state index contributed by atoms with van der Waals surface area (Å²) in [4.78, 5) is 1.31. The van der Waals surface area contributed by atoms with Crippen LogP contribution in [0, 0.1) is 0 Å². The fraction of sp³-hybridized carbons (Fsp3) is 0.333. The van der Waals surface area contributed by atoms with Crippen molar-refractivity contribution in [3.05, 3.63) is 65.2 Å². The van der Waals surface area contributed by atoms with Gasteiger partial charge in [-0.25, -0.2) is 0 Å². The number of rotatable bonds is 7. The maximum Gasteiger partial charge on any atom is 0.0500 e. The van der Waals surface area contributed by atoms with Crippen molar-refractivity contribution in [3.8, 4) is 0 Å². The molecule has 0 aliphatic heterocycles. The van der Waals surface area contributed by atoms with Crippen LogP contribution in [0.25, 0.3) is 0 Å². The summed E-state index contributed by atoms with van der Waals surface area (Å²) in [5, 5.41) is 0. The van der Waals surface area contributed by atoms with Crippen LogP contribution in [-0.2, 0) is 12.8 Å². The third-order valence-electron chi connectivity index (χ3n) is 3.67. The highest BCUT2D eigenvalue weighted by Gasteiger charge is 2.10. The molecule has 112 valence electrons. The topological polar surface area (TPSA) is 38.0 Å². The SMILES string of the molecule is CCSc1ccc(C(Cc2ccc(CC)cc2)NN)cc1. The summed E-state index contributed by atoms with van der Waals surface area (Å²) in [5.74, 6) is 6.85. The van der Waals surface area contributed by atoms with Crippen molar-refractivity contribution in [2.75, 3.05) is 5.75 Å². The van der Waals surface area contributed by atoms with Gasteiger partial charge in [0, 0.05) is 10.9 Å². The Morgan fingerprint density at radius 3 is 2.10 bits per heavy atom. The second-order valence-corrected chi connectivity index (χ2v) is 6.43. The molecule has 2 aromatic rings. The lowest BCUT2D eigenvalue weighted by Gasteiger charge is -2.17. The molecule has 0 heterocycles. The van der Waals surface area contributed by atoms with E-state index in [4.69, 9.17) is 5.84 Å². The number of benzene rings is 2. The number of hydrogen-bond acceptors (Lipinski definition) is 3. The van der Waals surface area contributed by atoms with Gasteiger partial charge >= 0.3 is 0 Å². The first-order chi connectivity index (χ1) is 10.3. The molecule has 0 saturated carbocycles. The molecule has 0 amide bonds. The van der Waals surface area contributed by atoms with Crippen LogP contribution in [0.2, 0.25) is 0 Å². The highest BCUT2D eigenvalue weighted by atomic mass is 32.2. The molecule has 21 heavy (non-hydrogen) atoms. The van der Waals surface area contributed by atoms with Gasteiger partial charge in [-0.1, -0.05) is 50.2 Å². The molecule has 2 rings (SSSR count). The fourth-order valence-electron chi connectivity index (χ4n) is 2.38. The number of hydrogen-bond donors (Lipinski definition) is 2. The fourth-order valence-corrected chi connectivity index (χ4v) is 3.04. The maximum absolute atomic E-state index is 5.75. The molecule has 1 atom stereocenters. The quantitative estimate of drug-likeness (QED) is 0.459. The van der Waals surface area contributed by atoms with Crippen molar-refractivity contribution in [2.45, 2.75) is 37.6 Å². The molecule has 2 aromatic carbocycles. The zero-order valence-corrected chi connectivity index (χ0v) is 13.6.